The molecule has 13 heteroatoms. The summed E-state index contributed by atoms with van der Waals surface area (Å²) in [5.41, 5.74) is 2.21. The fraction of sp³-hybridized carbons (Fsp3) is 0.395. The van der Waals surface area contributed by atoms with E-state index in [2.05, 4.69) is 14.8 Å². The Bertz CT molecular complexity index is 1760. The number of carbonyl (C=O) groups excluding carboxylic acids is 2. The van der Waals surface area contributed by atoms with E-state index < -0.39 is 18.1 Å². The van der Waals surface area contributed by atoms with Gasteiger partial charge in [0.15, 0.2) is 23.9 Å². The van der Waals surface area contributed by atoms with Crippen LogP contribution in [-0.2, 0) is 27.2 Å². The van der Waals surface area contributed by atoms with Crippen molar-refractivity contribution in [2.24, 2.45) is 5.92 Å². The predicted molar refractivity (Wildman–Crippen MR) is 195 cm³/mol. The highest BCUT2D eigenvalue weighted by Gasteiger charge is 2.39. The lowest BCUT2D eigenvalue weighted by atomic mass is 9.86. The molecule has 3 atom stereocenters. The van der Waals surface area contributed by atoms with Crippen molar-refractivity contribution in [2.45, 2.75) is 51.0 Å². The maximum absolute atomic E-state index is 13.9. The Morgan fingerprint density at radius 3 is 2.29 bits per heavy atom. The maximum Gasteiger partial charge on any atom is 0.348 e. The van der Waals surface area contributed by atoms with Crippen molar-refractivity contribution in [3.05, 3.63) is 110 Å². The number of aromatic nitrogens is 1. The molecule has 3 aliphatic rings. The number of pyridine rings is 1. The third-order valence-corrected chi connectivity index (χ3v) is 11.3. The summed E-state index contributed by atoms with van der Waals surface area (Å²) in [6.07, 6.45) is 4.81. The molecule has 0 saturated carbocycles. The van der Waals surface area contributed by atoms with Gasteiger partial charge >= 0.3 is 11.9 Å². The van der Waals surface area contributed by atoms with E-state index in [9.17, 15) is 9.59 Å². The molecule has 0 aliphatic carbocycles. The zero-order valence-electron chi connectivity index (χ0n) is 28.8. The van der Waals surface area contributed by atoms with Crippen molar-refractivity contribution in [1.82, 2.24) is 9.80 Å². The molecule has 0 amide bonds. The quantitative estimate of drug-likeness (QED) is 0.125. The first-order valence-electron chi connectivity index (χ1n) is 16.8. The number of piperidine rings is 3. The summed E-state index contributed by atoms with van der Waals surface area (Å²) < 4.78 is 23.4. The normalized spacial score (nSPS) is 19.1. The Morgan fingerprint density at radius 1 is 0.961 bits per heavy atom. The Kier molecular flexibility index (Phi) is 13.4. The van der Waals surface area contributed by atoms with Gasteiger partial charge in [-0.2, -0.15) is 0 Å². The van der Waals surface area contributed by atoms with Crippen LogP contribution in [0.4, 0.5) is 0 Å². The molecule has 3 aliphatic heterocycles. The number of hydrogen-bond acceptors (Lipinski definition) is 10. The first kappa shape index (κ1) is 38.5. The second kappa shape index (κ2) is 17.7. The smallest absolute Gasteiger partial charge is 0.348 e. The number of carbonyl (C=O) groups is 2. The zero-order chi connectivity index (χ0) is 35.2. The number of H-pyrrole nitrogens is 1. The second-order valence-corrected chi connectivity index (χ2v) is 14.6. The Hall–Kier alpha value is -3.71. The second-order valence-electron chi connectivity index (χ2n) is 12.6. The minimum Gasteiger partial charge on any atom is -0.870 e. The number of esters is 2. The number of thiophene rings is 1. The highest BCUT2D eigenvalue weighted by Crippen LogP contribution is 2.37. The molecule has 4 aromatic rings. The number of halogens is 2. The van der Waals surface area contributed by atoms with Crippen LogP contribution in [0.5, 0.6) is 11.5 Å². The first-order valence-corrected chi connectivity index (χ1v) is 18.4. The molecule has 2 aromatic heterocycles. The molecule has 0 radical (unpaired) electrons. The monoisotopic (exact) mass is 755 g/mol. The van der Waals surface area contributed by atoms with Crippen molar-refractivity contribution >= 4 is 46.5 Å². The third kappa shape index (κ3) is 9.03. The molecule has 3 fully saturated rings. The van der Waals surface area contributed by atoms with E-state index >= 15 is 0 Å². The largest absolute Gasteiger partial charge is 0.870 e. The fourth-order valence-electron chi connectivity index (χ4n) is 6.87. The summed E-state index contributed by atoms with van der Waals surface area (Å²) in [6.45, 7) is 6.04. The molecular formula is C38H43Cl2N3O7S. The molecule has 2 aromatic carbocycles. The third-order valence-electron chi connectivity index (χ3n) is 9.61. The van der Waals surface area contributed by atoms with E-state index in [0.29, 0.717) is 56.6 Å². The lowest BCUT2D eigenvalue weighted by Gasteiger charge is -2.44. The lowest BCUT2D eigenvalue weighted by Crippen LogP contribution is -2.52. The highest BCUT2D eigenvalue weighted by molar-refractivity contribution is 7.13. The minimum absolute atomic E-state index is 0. The van der Waals surface area contributed by atoms with Gasteiger partial charge in [-0.15, -0.1) is 11.3 Å². The van der Waals surface area contributed by atoms with E-state index in [0.717, 1.165) is 42.9 Å². The van der Waals surface area contributed by atoms with E-state index in [4.69, 9.17) is 42.1 Å². The Morgan fingerprint density at radius 2 is 1.67 bits per heavy atom. The van der Waals surface area contributed by atoms with Crippen LogP contribution < -0.4 is 14.5 Å². The lowest BCUT2D eigenvalue weighted by molar-refractivity contribution is -0.377. The highest BCUT2D eigenvalue weighted by atomic mass is 35.5. The SMILES string of the molecule is CCN(Cc1ccc(C(=O)O[C@@H](Cc2c(Cl)c[nH+]cc2Cl)c2ccc(OC)c(OC)c2)s1)C(C(=O)O[C@H]1CN2CCC1CC2)c1ccccc1.[OH-]. The van der Waals surface area contributed by atoms with E-state index in [1.54, 1.807) is 44.8 Å². The molecule has 7 rings (SSSR count). The maximum atomic E-state index is 13.9. The number of nitrogens with zero attached hydrogens (tertiary/aromatic N) is 2. The van der Waals surface area contributed by atoms with Gasteiger partial charge in [-0.25, -0.2) is 14.6 Å². The molecule has 5 heterocycles. The number of likely N-dealkylation sites (N-methyl/N-ethyl adjacent to an activating group) is 1. The van der Waals surface area contributed by atoms with Gasteiger partial charge in [-0.1, -0.05) is 66.5 Å². The summed E-state index contributed by atoms with van der Waals surface area (Å²) in [4.78, 5) is 36.4. The number of benzene rings is 2. The van der Waals surface area contributed by atoms with Gasteiger partial charge in [0.2, 0.25) is 0 Å². The summed E-state index contributed by atoms with van der Waals surface area (Å²) in [5, 5.41) is 0.856. The van der Waals surface area contributed by atoms with Crippen molar-refractivity contribution in [3.8, 4) is 11.5 Å². The number of fused-ring (bicyclic) bond motifs is 3. The molecule has 0 spiro atoms. The first-order chi connectivity index (χ1) is 24.3. The number of aromatic amines is 1. The molecule has 272 valence electrons. The van der Waals surface area contributed by atoms with Crippen LogP contribution >= 0.6 is 34.5 Å². The van der Waals surface area contributed by atoms with Gasteiger partial charge in [0.1, 0.15) is 33.2 Å². The average Bonchev–Trinajstić information content (AvgIpc) is 3.62. The summed E-state index contributed by atoms with van der Waals surface area (Å²) >= 11 is 14.4. The van der Waals surface area contributed by atoms with Crippen LogP contribution in [0.15, 0.2) is 73.1 Å². The standard InChI is InChI=1S/C38H41Cl2N3O6S.H2O/c1-4-43(36(25-8-6-5-7-9-25)38(45)49-34-23-42-16-14-24(34)15-17-42)22-27-11-13-35(50-27)37(44)48-32(19-28-29(39)20-41-21-30(28)40)26-10-12-31(46-2)33(18-26)47-3;/h5-13,18,20-21,24,32,34,36H,4,14-17,19,22-23H2,1-3H3;1H2/t32-,34-,36?;/m0./s1. The van der Waals surface area contributed by atoms with E-state index in [1.165, 1.54) is 11.3 Å². The summed E-state index contributed by atoms with van der Waals surface area (Å²) in [7, 11) is 3.11. The fourth-order valence-corrected chi connectivity index (χ4v) is 8.32. The molecule has 51 heavy (non-hydrogen) atoms. The van der Waals surface area contributed by atoms with Gasteiger partial charge in [0.05, 0.1) is 14.2 Å². The van der Waals surface area contributed by atoms with E-state index in [-0.39, 0.29) is 24.0 Å². The van der Waals surface area contributed by atoms with Crippen LogP contribution in [0.25, 0.3) is 0 Å². The van der Waals surface area contributed by atoms with Gasteiger partial charge in [-0.3, -0.25) is 9.80 Å². The van der Waals surface area contributed by atoms with Crippen molar-refractivity contribution in [1.29, 1.82) is 0 Å². The topological polar surface area (TPSA) is 122 Å². The average molecular weight is 757 g/mol. The predicted octanol–water partition coefficient (Wildman–Crippen LogP) is 7.05. The summed E-state index contributed by atoms with van der Waals surface area (Å²) in [5.74, 6) is 0.748. The van der Waals surface area contributed by atoms with Crippen LogP contribution in [-0.4, -0.2) is 73.7 Å². The van der Waals surface area contributed by atoms with Gasteiger partial charge < -0.3 is 24.4 Å². The molecule has 2 bridgehead atoms. The van der Waals surface area contributed by atoms with Gasteiger partial charge in [0, 0.05) is 30.0 Å². The number of methoxy groups -OCH3 is 2. The van der Waals surface area contributed by atoms with Crippen LogP contribution in [0.1, 0.15) is 63.2 Å². The zero-order valence-corrected chi connectivity index (χ0v) is 31.2. The molecule has 10 nitrogen and oxygen atoms in total. The Labute approximate surface area is 312 Å². The molecular weight excluding hydrogens is 713 g/mol. The molecule has 1 unspecified atom stereocenters. The van der Waals surface area contributed by atoms with Crippen LogP contribution in [0.3, 0.4) is 0 Å². The number of rotatable bonds is 14. The van der Waals surface area contributed by atoms with Crippen molar-refractivity contribution in [3.63, 3.8) is 0 Å². The number of nitrogens with one attached hydrogen (secondary N) is 1. The molecule has 2 N–H and O–H groups in total. The van der Waals surface area contributed by atoms with E-state index in [1.807, 2.05) is 49.4 Å². The number of hydrogen-bond donors (Lipinski definition) is 0. The van der Waals surface area contributed by atoms with Crippen molar-refractivity contribution in [2.75, 3.05) is 40.4 Å². The Balaban J connectivity index is 0.00000504. The van der Waals surface area contributed by atoms with Gasteiger partial charge in [-0.05, 0) is 73.8 Å². The van der Waals surface area contributed by atoms with Crippen molar-refractivity contribution < 1.29 is 39.0 Å². The summed E-state index contributed by atoms with van der Waals surface area (Å²) in [6, 6.07) is 18.3. The minimum atomic E-state index is -0.735. The van der Waals surface area contributed by atoms with Gasteiger partial charge in [0.25, 0.3) is 0 Å². The molecule has 3 saturated heterocycles. The number of ether oxygens (including phenoxy) is 4. The van der Waals surface area contributed by atoms with Crippen LogP contribution in [0.2, 0.25) is 10.0 Å². The van der Waals surface area contributed by atoms with Crippen LogP contribution in [0, 0.1) is 5.92 Å².